The molecule has 110 valence electrons. The molecule has 2 rings (SSSR count). The molecule has 2 aromatic heterocycles. The summed E-state index contributed by atoms with van der Waals surface area (Å²) in [5.41, 5.74) is 1.74. The van der Waals surface area contributed by atoms with Crippen molar-refractivity contribution in [2.45, 2.75) is 31.9 Å². The Hall–Kier alpha value is -1.15. The van der Waals surface area contributed by atoms with Gasteiger partial charge in [0.05, 0.1) is 11.5 Å². The third-order valence-corrected chi connectivity index (χ3v) is 5.73. The summed E-state index contributed by atoms with van der Waals surface area (Å²) in [4.78, 5) is 2.36. The number of aliphatic hydroxyl groups is 1. The van der Waals surface area contributed by atoms with E-state index in [-0.39, 0.29) is 18.0 Å². The van der Waals surface area contributed by atoms with Crippen LogP contribution in [0.4, 0.5) is 0 Å². The molecule has 0 saturated heterocycles. The topological polar surface area (TPSA) is 71.3 Å². The first-order chi connectivity index (χ1) is 9.33. The van der Waals surface area contributed by atoms with Gasteiger partial charge < -0.3 is 9.67 Å². The van der Waals surface area contributed by atoms with Gasteiger partial charge in [-0.05, 0) is 31.5 Å². The van der Waals surface area contributed by atoms with Gasteiger partial charge in [-0.2, -0.15) is 0 Å². The Morgan fingerprint density at radius 3 is 2.55 bits per heavy atom. The average Bonchev–Trinajstić information content (AvgIpc) is 2.91. The monoisotopic (exact) mass is 314 g/mol. The van der Waals surface area contributed by atoms with E-state index >= 15 is 0 Å². The largest absolute Gasteiger partial charge is 0.390 e. The number of hydrogen-bond donors (Lipinski definition) is 2. The number of aliphatic hydroxyl groups excluding tert-OH is 1. The van der Waals surface area contributed by atoms with Crippen LogP contribution in [0.2, 0.25) is 0 Å². The first-order valence-corrected chi connectivity index (χ1v) is 8.45. The van der Waals surface area contributed by atoms with Gasteiger partial charge in [-0.25, -0.2) is 13.1 Å². The molecule has 0 radical (unpaired) electrons. The number of aryl methyl sites for hydroxylation is 3. The SMILES string of the molecule is Cc1cc(CNS(=O)(=O)c2cc(CO)n(C)c2)sc1C. The molecular weight excluding hydrogens is 296 g/mol. The van der Waals surface area contributed by atoms with Crippen molar-refractivity contribution in [1.29, 1.82) is 0 Å². The van der Waals surface area contributed by atoms with Crippen molar-refractivity contribution in [1.82, 2.24) is 9.29 Å². The zero-order chi connectivity index (χ0) is 14.9. The number of hydrogen-bond acceptors (Lipinski definition) is 4. The van der Waals surface area contributed by atoms with Crippen LogP contribution >= 0.6 is 11.3 Å². The summed E-state index contributed by atoms with van der Waals surface area (Å²) in [5.74, 6) is 0. The Kier molecular flexibility index (Phi) is 4.33. The molecule has 2 N–H and O–H groups in total. The highest BCUT2D eigenvalue weighted by Gasteiger charge is 2.17. The highest BCUT2D eigenvalue weighted by molar-refractivity contribution is 7.89. The lowest BCUT2D eigenvalue weighted by Gasteiger charge is -2.02. The molecule has 0 bridgehead atoms. The van der Waals surface area contributed by atoms with Gasteiger partial charge in [0.2, 0.25) is 10.0 Å². The average molecular weight is 314 g/mol. The molecule has 2 aromatic rings. The molecule has 7 heteroatoms. The number of rotatable bonds is 5. The third kappa shape index (κ3) is 3.12. The van der Waals surface area contributed by atoms with E-state index in [1.165, 1.54) is 22.7 Å². The minimum atomic E-state index is -3.55. The second kappa shape index (κ2) is 5.69. The van der Waals surface area contributed by atoms with Crippen LogP contribution in [-0.4, -0.2) is 18.1 Å². The number of sulfonamides is 1. The van der Waals surface area contributed by atoms with Crippen molar-refractivity contribution in [3.05, 3.63) is 39.3 Å². The fourth-order valence-corrected chi connectivity index (χ4v) is 4.05. The molecule has 20 heavy (non-hydrogen) atoms. The molecule has 0 spiro atoms. The lowest BCUT2D eigenvalue weighted by molar-refractivity contribution is 0.272. The number of nitrogens with one attached hydrogen (secondary N) is 1. The van der Waals surface area contributed by atoms with Gasteiger partial charge in [-0.15, -0.1) is 11.3 Å². The van der Waals surface area contributed by atoms with Crippen molar-refractivity contribution in [2.75, 3.05) is 0 Å². The van der Waals surface area contributed by atoms with E-state index in [1.54, 1.807) is 23.0 Å². The van der Waals surface area contributed by atoms with Gasteiger partial charge in [-0.3, -0.25) is 0 Å². The third-order valence-electron chi connectivity index (χ3n) is 3.21. The molecule has 0 atom stereocenters. The van der Waals surface area contributed by atoms with E-state index in [0.717, 1.165) is 4.88 Å². The molecule has 0 aromatic carbocycles. The zero-order valence-electron chi connectivity index (χ0n) is 11.7. The van der Waals surface area contributed by atoms with Crippen molar-refractivity contribution in [2.24, 2.45) is 7.05 Å². The maximum absolute atomic E-state index is 12.2. The van der Waals surface area contributed by atoms with E-state index in [0.29, 0.717) is 5.69 Å². The molecule has 0 fully saturated rings. The van der Waals surface area contributed by atoms with E-state index in [9.17, 15) is 8.42 Å². The Balaban J connectivity index is 2.14. The first kappa shape index (κ1) is 15.2. The van der Waals surface area contributed by atoms with Gasteiger partial charge in [0.25, 0.3) is 0 Å². The lowest BCUT2D eigenvalue weighted by Crippen LogP contribution is -2.22. The standard InChI is InChI=1S/C13H18N2O3S2/c1-9-4-12(19-10(9)2)6-14-20(17,18)13-5-11(8-16)15(3)7-13/h4-5,7,14,16H,6,8H2,1-3H3. The summed E-state index contributed by atoms with van der Waals surface area (Å²) < 4.78 is 28.5. The van der Waals surface area contributed by atoms with Crippen LogP contribution in [0.3, 0.4) is 0 Å². The molecule has 0 amide bonds. The summed E-state index contributed by atoms with van der Waals surface area (Å²) in [6.07, 6.45) is 1.50. The van der Waals surface area contributed by atoms with Crippen molar-refractivity contribution in [3.8, 4) is 0 Å². The molecule has 0 aliphatic carbocycles. The smallest absolute Gasteiger partial charge is 0.242 e. The summed E-state index contributed by atoms with van der Waals surface area (Å²) in [5, 5.41) is 9.10. The van der Waals surface area contributed by atoms with Crippen molar-refractivity contribution >= 4 is 21.4 Å². The molecule has 0 aliphatic rings. The van der Waals surface area contributed by atoms with Crippen LogP contribution in [0.15, 0.2) is 23.2 Å². The molecular formula is C13H18N2O3S2. The minimum Gasteiger partial charge on any atom is -0.390 e. The van der Waals surface area contributed by atoms with E-state index < -0.39 is 10.0 Å². The molecule has 5 nitrogen and oxygen atoms in total. The Labute approximate surface area is 122 Å². The molecule has 2 heterocycles. The summed E-state index contributed by atoms with van der Waals surface area (Å²) in [6, 6.07) is 3.47. The predicted octanol–water partition coefficient (Wildman–Crippen LogP) is 1.67. The summed E-state index contributed by atoms with van der Waals surface area (Å²) in [7, 11) is -1.84. The Morgan fingerprint density at radius 2 is 2.05 bits per heavy atom. The Morgan fingerprint density at radius 1 is 1.35 bits per heavy atom. The van der Waals surface area contributed by atoms with Gasteiger partial charge in [0.15, 0.2) is 0 Å². The van der Waals surface area contributed by atoms with Crippen LogP contribution in [0.1, 0.15) is 21.0 Å². The van der Waals surface area contributed by atoms with Gasteiger partial charge in [0, 0.05) is 35.2 Å². The quantitative estimate of drug-likeness (QED) is 0.882. The van der Waals surface area contributed by atoms with Crippen LogP contribution in [0.5, 0.6) is 0 Å². The van der Waals surface area contributed by atoms with E-state index in [2.05, 4.69) is 4.72 Å². The molecule has 0 aliphatic heterocycles. The zero-order valence-corrected chi connectivity index (χ0v) is 13.3. The minimum absolute atomic E-state index is 0.175. The number of aromatic nitrogens is 1. The summed E-state index contributed by atoms with van der Waals surface area (Å²) >= 11 is 1.59. The van der Waals surface area contributed by atoms with Gasteiger partial charge >= 0.3 is 0 Å². The highest BCUT2D eigenvalue weighted by atomic mass is 32.2. The highest BCUT2D eigenvalue weighted by Crippen LogP contribution is 2.21. The number of nitrogens with zero attached hydrogens (tertiary/aromatic N) is 1. The van der Waals surface area contributed by atoms with Gasteiger partial charge in [-0.1, -0.05) is 0 Å². The van der Waals surface area contributed by atoms with Crippen molar-refractivity contribution < 1.29 is 13.5 Å². The van der Waals surface area contributed by atoms with Gasteiger partial charge in [0.1, 0.15) is 0 Å². The van der Waals surface area contributed by atoms with Crippen LogP contribution in [0.25, 0.3) is 0 Å². The molecule has 0 unspecified atom stereocenters. The second-order valence-corrected chi connectivity index (χ2v) is 7.82. The second-order valence-electron chi connectivity index (χ2n) is 4.71. The summed E-state index contributed by atoms with van der Waals surface area (Å²) in [6.45, 7) is 4.12. The fourth-order valence-electron chi connectivity index (χ4n) is 1.87. The number of thiophene rings is 1. The maximum Gasteiger partial charge on any atom is 0.242 e. The Bertz CT molecular complexity index is 695. The fraction of sp³-hybridized carbons (Fsp3) is 0.385. The van der Waals surface area contributed by atoms with Crippen LogP contribution < -0.4 is 4.72 Å². The van der Waals surface area contributed by atoms with Crippen LogP contribution in [-0.2, 0) is 30.2 Å². The first-order valence-electron chi connectivity index (χ1n) is 6.15. The predicted molar refractivity (Wildman–Crippen MR) is 79.2 cm³/mol. The maximum atomic E-state index is 12.2. The van der Waals surface area contributed by atoms with Crippen molar-refractivity contribution in [3.63, 3.8) is 0 Å². The van der Waals surface area contributed by atoms with E-state index in [4.69, 9.17) is 5.11 Å². The van der Waals surface area contributed by atoms with Crippen LogP contribution in [0, 0.1) is 13.8 Å². The normalized spacial score (nSPS) is 12.0. The lowest BCUT2D eigenvalue weighted by atomic mass is 10.3. The van der Waals surface area contributed by atoms with E-state index in [1.807, 2.05) is 19.9 Å². The molecule has 0 saturated carbocycles.